The lowest BCUT2D eigenvalue weighted by molar-refractivity contribution is -0.119. The zero-order chi connectivity index (χ0) is 19.6. The second-order valence-corrected chi connectivity index (χ2v) is 6.99. The van der Waals surface area contributed by atoms with Crippen molar-refractivity contribution in [3.63, 3.8) is 0 Å². The number of fused-ring (bicyclic) bond motifs is 1. The van der Waals surface area contributed by atoms with E-state index in [9.17, 15) is 9.59 Å². The summed E-state index contributed by atoms with van der Waals surface area (Å²) in [6.07, 6.45) is 0. The van der Waals surface area contributed by atoms with E-state index >= 15 is 0 Å². The number of hydrogen-bond donors (Lipinski definition) is 2. The summed E-state index contributed by atoms with van der Waals surface area (Å²) in [5, 5.41) is 4.04. The maximum Gasteiger partial charge on any atom is 0.356 e. The SMILES string of the molecule is COc1cc(Cl)c(C)cc1NC(=O)COC(=O)c1[nH]c2ccccc2c1Br. The van der Waals surface area contributed by atoms with E-state index < -0.39 is 18.5 Å². The molecule has 0 aliphatic carbocycles. The Morgan fingerprint density at radius 3 is 2.70 bits per heavy atom. The van der Waals surface area contributed by atoms with Crippen LogP contribution in [-0.2, 0) is 9.53 Å². The number of anilines is 1. The number of rotatable bonds is 5. The Balaban J connectivity index is 1.68. The van der Waals surface area contributed by atoms with Gasteiger partial charge in [0.05, 0.1) is 17.3 Å². The minimum absolute atomic E-state index is 0.254. The van der Waals surface area contributed by atoms with E-state index in [-0.39, 0.29) is 5.69 Å². The largest absolute Gasteiger partial charge is 0.495 e. The summed E-state index contributed by atoms with van der Waals surface area (Å²) in [6, 6.07) is 10.7. The molecule has 3 aromatic rings. The first-order chi connectivity index (χ1) is 12.9. The van der Waals surface area contributed by atoms with Gasteiger partial charge in [0.25, 0.3) is 5.91 Å². The predicted molar refractivity (Wildman–Crippen MR) is 108 cm³/mol. The van der Waals surface area contributed by atoms with E-state index in [1.807, 2.05) is 31.2 Å². The summed E-state index contributed by atoms with van der Waals surface area (Å²) in [4.78, 5) is 27.5. The van der Waals surface area contributed by atoms with Gasteiger partial charge >= 0.3 is 5.97 Å². The minimum Gasteiger partial charge on any atom is -0.495 e. The smallest absolute Gasteiger partial charge is 0.356 e. The van der Waals surface area contributed by atoms with Gasteiger partial charge in [-0.2, -0.15) is 0 Å². The van der Waals surface area contributed by atoms with Gasteiger partial charge in [-0.25, -0.2) is 4.79 Å². The van der Waals surface area contributed by atoms with Gasteiger partial charge in [-0.05, 0) is 40.5 Å². The maximum absolute atomic E-state index is 12.3. The molecule has 8 heteroatoms. The number of nitrogens with one attached hydrogen (secondary N) is 2. The summed E-state index contributed by atoms with van der Waals surface area (Å²) in [6.45, 7) is 1.37. The van der Waals surface area contributed by atoms with Gasteiger partial charge in [0.15, 0.2) is 6.61 Å². The molecular formula is C19H16BrClN2O4. The van der Waals surface area contributed by atoms with Crippen LogP contribution < -0.4 is 10.1 Å². The summed E-state index contributed by atoms with van der Waals surface area (Å²) in [7, 11) is 1.48. The maximum atomic E-state index is 12.3. The second-order valence-electron chi connectivity index (χ2n) is 5.79. The highest BCUT2D eigenvalue weighted by Gasteiger charge is 2.19. The van der Waals surface area contributed by atoms with E-state index in [4.69, 9.17) is 21.1 Å². The van der Waals surface area contributed by atoms with Crippen molar-refractivity contribution >= 4 is 56.0 Å². The first kappa shape index (κ1) is 19.3. The number of ether oxygens (including phenoxy) is 2. The topological polar surface area (TPSA) is 80.4 Å². The average Bonchev–Trinajstić information content (AvgIpc) is 2.99. The van der Waals surface area contributed by atoms with Gasteiger partial charge in [-0.15, -0.1) is 0 Å². The van der Waals surface area contributed by atoms with Crippen molar-refractivity contribution in [2.45, 2.75) is 6.92 Å². The number of H-pyrrole nitrogens is 1. The average molecular weight is 452 g/mol. The molecule has 2 aromatic carbocycles. The van der Waals surface area contributed by atoms with E-state index in [1.54, 1.807) is 12.1 Å². The predicted octanol–water partition coefficient (Wildman–Crippen LogP) is 4.70. The third-order valence-electron chi connectivity index (χ3n) is 3.94. The quantitative estimate of drug-likeness (QED) is 0.551. The first-order valence-electron chi connectivity index (χ1n) is 7.98. The fourth-order valence-electron chi connectivity index (χ4n) is 2.57. The van der Waals surface area contributed by atoms with Gasteiger partial charge in [0, 0.05) is 22.0 Å². The zero-order valence-electron chi connectivity index (χ0n) is 14.6. The van der Waals surface area contributed by atoms with Gasteiger partial charge in [0.1, 0.15) is 11.4 Å². The monoisotopic (exact) mass is 450 g/mol. The van der Waals surface area contributed by atoms with E-state index in [0.29, 0.717) is 20.9 Å². The van der Waals surface area contributed by atoms with Crippen LogP contribution in [-0.4, -0.2) is 30.6 Å². The molecule has 0 aliphatic heterocycles. The van der Waals surface area contributed by atoms with Gasteiger partial charge in [-0.3, -0.25) is 4.79 Å². The number of aryl methyl sites for hydroxylation is 1. The molecule has 0 aliphatic rings. The number of carbonyl (C=O) groups is 2. The lowest BCUT2D eigenvalue weighted by atomic mass is 10.2. The van der Waals surface area contributed by atoms with Crippen molar-refractivity contribution in [2.24, 2.45) is 0 Å². The van der Waals surface area contributed by atoms with Crippen molar-refractivity contribution in [1.29, 1.82) is 0 Å². The zero-order valence-corrected chi connectivity index (χ0v) is 16.9. The molecule has 0 radical (unpaired) electrons. The Labute approximate surface area is 168 Å². The Morgan fingerprint density at radius 1 is 1.26 bits per heavy atom. The Hall–Kier alpha value is -2.51. The number of para-hydroxylation sites is 1. The number of hydrogen-bond acceptors (Lipinski definition) is 4. The van der Waals surface area contributed by atoms with Crippen LogP contribution in [0.15, 0.2) is 40.9 Å². The number of halogens is 2. The number of amides is 1. The molecule has 0 saturated carbocycles. The normalized spacial score (nSPS) is 10.7. The van der Waals surface area contributed by atoms with Crippen LogP contribution in [0.2, 0.25) is 5.02 Å². The van der Waals surface area contributed by atoms with Gasteiger partial charge in [0.2, 0.25) is 0 Å². The number of methoxy groups -OCH3 is 1. The summed E-state index contributed by atoms with van der Waals surface area (Å²) in [5.41, 5.74) is 2.28. The molecule has 1 heterocycles. The molecule has 0 spiro atoms. The van der Waals surface area contributed by atoms with Crippen LogP contribution >= 0.6 is 27.5 Å². The minimum atomic E-state index is -0.632. The summed E-state index contributed by atoms with van der Waals surface area (Å²) in [5.74, 6) is -0.702. The van der Waals surface area contributed by atoms with Gasteiger partial charge in [-0.1, -0.05) is 29.8 Å². The molecule has 2 N–H and O–H groups in total. The standard InChI is InChI=1S/C19H16BrClN2O4/c1-10-7-14(15(26-2)8-12(10)21)22-16(24)9-27-19(25)18-17(20)11-5-3-4-6-13(11)23-18/h3-8,23H,9H2,1-2H3,(H,22,24). The molecular weight excluding hydrogens is 436 g/mol. The fourth-order valence-corrected chi connectivity index (χ4v) is 3.33. The highest BCUT2D eigenvalue weighted by molar-refractivity contribution is 9.10. The third-order valence-corrected chi connectivity index (χ3v) is 5.17. The van der Waals surface area contributed by atoms with Crippen LogP contribution in [0.3, 0.4) is 0 Å². The number of carbonyl (C=O) groups excluding carboxylic acids is 2. The van der Waals surface area contributed by atoms with E-state index in [0.717, 1.165) is 16.5 Å². The van der Waals surface area contributed by atoms with Crippen LogP contribution in [0.4, 0.5) is 5.69 Å². The number of aromatic nitrogens is 1. The molecule has 27 heavy (non-hydrogen) atoms. The fraction of sp³-hybridized carbons (Fsp3) is 0.158. The number of benzene rings is 2. The first-order valence-corrected chi connectivity index (χ1v) is 9.15. The molecule has 6 nitrogen and oxygen atoms in total. The van der Waals surface area contributed by atoms with Crippen molar-refractivity contribution in [3.05, 3.63) is 57.2 Å². The molecule has 3 rings (SSSR count). The van der Waals surface area contributed by atoms with Crippen LogP contribution in [0.1, 0.15) is 16.1 Å². The molecule has 1 aromatic heterocycles. The third kappa shape index (κ3) is 4.09. The lowest BCUT2D eigenvalue weighted by Gasteiger charge is -2.12. The van der Waals surface area contributed by atoms with Crippen LogP contribution in [0, 0.1) is 6.92 Å². The van der Waals surface area contributed by atoms with E-state index in [1.165, 1.54) is 7.11 Å². The summed E-state index contributed by atoms with van der Waals surface area (Å²) < 4.78 is 10.9. The van der Waals surface area contributed by atoms with Crippen LogP contribution in [0.25, 0.3) is 10.9 Å². The molecule has 0 saturated heterocycles. The Bertz CT molecular complexity index is 1030. The van der Waals surface area contributed by atoms with Crippen molar-refractivity contribution in [1.82, 2.24) is 4.98 Å². The molecule has 1 amide bonds. The van der Waals surface area contributed by atoms with Crippen molar-refractivity contribution in [3.8, 4) is 5.75 Å². The van der Waals surface area contributed by atoms with Crippen molar-refractivity contribution < 1.29 is 19.1 Å². The van der Waals surface area contributed by atoms with Crippen molar-refractivity contribution in [2.75, 3.05) is 19.0 Å². The summed E-state index contributed by atoms with van der Waals surface area (Å²) >= 11 is 9.44. The van der Waals surface area contributed by atoms with Gasteiger partial charge < -0.3 is 19.8 Å². The molecule has 0 fully saturated rings. The molecule has 0 unspecified atom stereocenters. The second kappa shape index (κ2) is 8.02. The molecule has 140 valence electrons. The van der Waals surface area contributed by atoms with Crippen LogP contribution in [0.5, 0.6) is 5.75 Å². The highest BCUT2D eigenvalue weighted by Crippen LogP contribution is 2.31. The van der Waals surface area contributed by atoms with E-state index in [2.05, 4.69) is 26.2 Å². The molecule has 0 atom stereocenters. The number of esters is 1. The molecule has 0 bridgehead atoms. The number of aromatic amines is 1. The Morgan fingerprint density at radius 2 is 2.00 bits per heavy atom. The lowest BCUT2D eigenvalue weighted by Crippen LogP contribution is -2.21. The Kier molecular flexibility index (Phi) is 5.72. The highest BCUT2D eigenvalue weighted by atomic mass is 79.9.